The predicted molar refractivity (Wildman–Crippen MR) is 78.9 cm³/mol. The molecule has 0 atom stereocenters. The van der Waals surface area contributed by atoms with Gasteiger partial charge in [-0.1, -0.05) is 13.8 Å². The highest BCUT2D eigenvalue weighted by molar-refractivity contribution is 4.82. The van der Waals surface area contributed by atoms with Crippen LogP contribution in [0.2, 0.25) is 0 Å². The largest absolute Gasteiger partial charge is 0.303 e. The van der Waals surface area contributed by atoms with Crippen LogP contribution in [0, 0.1) is 11.8 Å². The lowest BCUT2D eigenvalue weighted by Crippen LogP contribution is -2.41. The maximum absolute atomic E-state index is 2.67. The van der Waals surface area contributed by atoms with E-state index < -0.39 is 0 Å². The number of nitrogens with zero attached hydrogens (tertiary/aromatic N) is 2. The molecule has 0 saturated carbocycles. The van der Waals surface area contributed by atoms with Crippen molar-refractivity contribution in [2.75, 3.05) is 39.3 Å². The Morgan fingerprint density at radius 1 is 0.667 bits per heavy atom. The molecule has 0 aliphatic carbocycles. The van der Waals surface area contributed by atoms with E-state index in [1.54, 1.807) is 0 Å². The normalized spacial score (nSPS) is 25.7. The number of piperidine rings is 2. The van der Waals surface area contributed by atoms with Crippen LogP contribution in [0.15, 0.2) is 0 Å². The van der Waals surface area contributed by atoms with Crippen LogP contribution in [-0.4, -0.2) is 49.1 Å². The van der Waals surface area contributed by atoms with Gasteiger partial charge in [-0.2, -0.15) is 0 Å². The first-order chi connectivity index (χ1) is 8.83. The molecule has 2 saturated heterocycles. The molecule has 0 bridgehead atoms. The van der Waals surface area contributed by atoms with Gasteiger partial charge in [0.2, 0.25) is 0 Å². The summed E-state index contributed by atoms with van der Waals surface area (Å²) < 4.78 is 0. The fraction of sp³-hybridized carbons (Fsp3) is 1.00. The van der Waals surface area contributed by atoms with Crippen molar-refractivity contribution >= 4 is 0 Å². The number of rotatable bonds is 5. The third-order valence-corrected chi connectivity index (χ3v) is 5.01. The van der Waals surface area contributed by atoms with Gasteiger partial charge in [0.1, 0.15) is 0 Å². The molecule has 0 radical (unpaired) electrons. The molecule has 0 spiro atoms. The summed E-state index contributed by atoms with van der Waals surface area (Å²) in [6.07, 6.45) is 8.52. The lowest BCUT2D eigenvalue weighted by molar-refractivity contribution is 0.0964. The van der Waals surface area contributed by atoms with Crippen molar-refractivity contribution in [2.24, 2.45) is 11.8 Å². The zero-order valence-corrected chi connectivity index (χ0v) is 12.5. The van der Waals surface area contributed by atoms with Crippen molar-refractivity contribution in [3.05, 3.63) is 0 Å². The molecule has 0 amide bonds. The lowest BCUT2D eigenvalue weighted by atomic mass is 9.79. The van der Waals surface area contributed by atoms with Crippen molar-refractivity contribution in [2.45, 2.75) is 52.4 Å². The van der Waals surface area contributed by atoms with E-state index in [1.165, 1.54) is 77.8 Å². The summed E-state index contributed by atoms with van der Waals surface area (Å²) in [5.74, 6) is 2.09. The Balaban J connectivity index is 1.68. The molecular weight excluding hydrogens is 220 g/mol. The monoisotopic (exact) mass is 252 g/mol. The molecule has 0 N–H and O–H groups in total. The molecule has 2 heteroatoms. The first kappa shape index (κ1) is 14.3. The average molecular weight is 252 g/mol. The first-order valence-electron chi connectivity index (χ1n) is 8.28. The maximum atomic E-state index is 2.67. The van der Waals surface area contributed by atoms with Crippen molar-refractivity contribution in [1.82, 2.24) is 9.80 Å². The van der Waals surface area contributed by atoms with E-state index in [1.807, 2.05) is 0 Å². The Hall–Kier alpha value is -0.0800. The van der Waals surface area contributed by atoms with E-state index in [0.717, 1.165) is 11.8 Å². The SMILES string of the molecule is CCCN1CCC(C2CCN(CCC)CC2)CC1. The minimum Gasteiger partial charge on any atom is -0.303 e. The van der Waals surface area contributed by atoms with Crippen LogP contribution in [0.1, 0.15) is 52.4 Å². The van der Waals surface area contributed by atoms with Gasteiger partial charge in [-0.25, -0.2) is 0 Å². The fourth-order valence-corrected chi connectivity index (χ4v) is 3.93. The molecular formula is C16H32N2. The molecule has 0 aromatic heterocycles. The lowest BCUT2D eigenvalue weighted by Gasteiger charge is -2.40. The van der Waals surface area contributed by atoms with Crippen LogP contribution in [0.3, 0.4) is 0 Å². The summed E-state index contributed by atoms with van der Waals surface area (Å²) in [4.78, 5) is 5.34. The number of hydrogen-bond acceptors (Lipinski definition) is 2. The Kier molecular flexibility index (Phi) is 5.97. The highest BCUT2D eigenvalue weighted by Crippen LogP contribution is 2.32. The van der Waals surface area contributed by atoms with Crippen LogP contribution in [-0.2, 0) is 0 Å². The van der Waals surface area contributed by atoms with E-state index in [-0.39, 0.29) is 0 Å². The minimum absolute atomic E-state index is 1.04. The van der Waals surface area contributed by atoms with Gasteiger partial charge in [0.15, 0.2) is 0 Å². The van der Waals surface area contributed by atoms with Crippen LogP contribution in [0.4, 0.5) is 0 Å². The topological polar surface area (TPSA) is 6.48 Å². The molecule has 2 rings (SSSR count). The summed E-state index contributed by atoms with van der Waals surface area (Å²) in [7, 11) is 0. The van der Waals surface area contributed by atoms with Gasteiger partial charge in [0, 0.05) is 0 Å². The summed E-state index contributed by atoms with van der Waals surface area (Å²) in [5.41, 5.74) is 0. The van der Waals surface area contributed by atoms with E-state index in [9.17, 15) is 0 Å². The second-order valence-corrected chi connectivity index (χ2v) is 6.36. The Labute approximate surface area is 114 Å². The van der Waals surface area contributed by atoms with E-state index >= 15 is 0 Å². The summed E-state index contributed by atoms with van der Waals surface area (Å²) in [5, 5.41) is 0. The van der Waals surface area contributed by atoms with Crippen molar-refractivity contribution in [3.63, 3.8) is 0 Å². The molecule has 0 unspecified atom stereocenters. The van der Waals surface area contributed by atoms with Gasteiger partial charge in [-0.05, 0) is 89.6 Å². The third kappa shape index (κ3) is 3.96. The highest BCUT2D eigenvalue weighted by Gasteiger charge is 2.28. The minimum atomic E-state index is 1.04. The quantitative estimate of drug-likeness (QED) is 0.741. The van der Waals surface area contributed by atoms with Crippen LogP contribution < -0.4 is 0 Å². The molecule has 0 aromatic rings. The van der Waals surface area contributed by atoms with Crippen molar-refractivity contribution in [1.29, 1.82) is 0 Å². The molecule has 106 valence electrons. The van der Waals surface area contributed by atoms with Gasteiger partial charge in [-0.3, -0.25) is 0 Å². The Bertz CT molecular complexity index is 189. The van der Waals surface area contributed by atoms with Crippen molar-refractivity contribution < 1.29 is 0 Å². The Morgan fingerprint density at radius 2 is 1.00 bits per heavy atom. The maximum Gasteiger partial charge on any atom is -0.00160 e. The fourth-order valence-electron chi connectivity index (χ4n) is 3.93. The molecule has 2 aliphatic rings. The van der Waals surface area contributed by atoms with Gasteiger partial charge in [0.25, 0.3) is 0 Å². The smallest absolute Gasteiger partial charge is 0.00160 e. The van der Waals surface area contributed by atoms with Crippen molar-refractivity contribution in [3.8, 4) is 0 Å². The van der Waals surface area contributed by atoms with Crippen LogP contribution in [0.25, 0.3) is 0 Å². The summed E-state index contributed by atoms with van der Waals surface area (Å²) in [6, 6.07) is 0. The van der Waals surface area contributed by atoms with Gasteiger partial charge >= 0.3 is 0 Å². The number of likely N-dealkylation sites (tertiary alicyclic amines) is 2. The highest BCUT2D eigenvalue weighted by atomic mass is 15.1. The first-order valence-corrected chi connectivity index (χ1v) is 8.28. The summed E-state index contributed by atoms with van der Waals surface area (Å²) >= 11 is 0. The molecule has 18 heavy (non-hydrogen) atoms. The van der Waals surface area contributed by atoms with Gasteiger partial charge in [-0.15, -0.1) is 0 Å². The van der Waals surface area contributed by atoms with E-state index in [4.69, 9.17) is 0 Å². The standard InChI is InChI=1S/C16H32N2/c1-3-9-17-11-5-15(6-12-17)16-7-13-18(10-4-2)14-8-16/h15-16H,3-14H2,1-2H3. The average Bonchev–Trinajstić information content (AvgIpc) is 2.41. The van der Waals surface area contributed by atoms with Crippen LogP contribution in [0.5, 0.6) is 0 Å². The summed E-state index contributed by atoms with van der Waals surface area (Å²) in [6.45, 7) is 12.7. The Morgan fingerprint density at radius 3 is 1.28 bits per heavy atom. The molecule has 2 heterocycles. The second kappa shape index (κ2) is 7.49. The zero-order valence-electron chi connectivity index (χ0n) is 12.5. The van der Waals surface area contributed by atoms with Crippen LogP contribution >= 0.6 is 0 Å². The van der Waals surface area contributed by atoms with E-state index in [0.29, 0.717) is 0 Å². The zero-order chi connectivity index (χ0) is 12.8. The second-order valence-electron chi connectivity index (χ2n) is 6.36. The van der Waals surface area contributed by atoms with Gasteiger partial charge in [0.05, 0.1) is 0 Å². The third-order valence-electron chi connectivity index (χ3n) is 5.01. The van der Waals surface area contributed by atoms with E-state index in [2.05, 4.69) is 23.6 Å². The molecule has 2 aliphatic heterocycles. The molecule has 2 nitrogen and oxygen atoms in total. The molecule has 2 fully saturated rings. The number of hydrogen-bond donors (Lipinski definition) is 0. The van der Waals surface area contributed by atoms with Gasteiger partial charge < -0.3 is 9.80 Å². The predicted octanol–water partition coefficient (Wildman–Crippen LogP) is 3.23. The molecule has 0 aromatic carbocycles.